The molecule has 22 heavy (non-hydrogen) atoms. The lowest BCUT2D eigenvalue weighted by atomic mass is 10.2. The van der Waals surface area contributed by atoms with E-state index in [9.17, 15) is 13.2 Å². The van der Waals surface area contributed by atoms with E-state index in [0.29, 0.717) is 17.0 Å². The highest BCUT2D eigenvalue weighted by atomic mass is 32.2. The van der Waals surface area contributed by atoms with Crippen LogP contribution in [0.3, 0.4) is 0 Å². The summed E-state index contributed by atoms with van der Waals surface area (Å²) < 4.78 is 32.3. The molecule has 2 aromatic rings. The summed E-state index contributed by atoms with van der Waals surface area (Å²) in [5.41, 5.74) is 1.75. The van der Waals surface area contributed by atoms with Crippen LogP contribution in [-0.4, -0.2) is 21.3 Å². The normalized spacial score (nSPS) is 11.0. The number of ketones is 1. The van der Waals surface area contributed by atoms with E-state index in [0.717, 1.165) is 5.56 Å². The van der Waals surface area contributed by atoms with Crippen molar-refractivity contribution in [1.29, 1.82) is 0 Å². The number of rotatable bonds is 5. The van der Waals surface area contributed by atoms with Crippen LogP contribution < -0.4 is 9.46 Å². The molecule has 0 aliphatic heterocycles. The molecule has 2 rings (SSSR count). The summed E-state index contributed by atoms with van der Waals surface area (Å²) in [7, 11) is -2.14. The molecule has 0 saturated heterocycles. The van der Waals surface area contributed by atoms with E-state index < -0.39 is 10.0 Å². The molecule has 0 spiro atoms. The predicted molar refractivity (Wildman–Crippen MR) is 85.0 cm³/mol. The first-order valence-corrected chi connectivity index (χ1v) is 8.10. The topological polar surface area (TPSA) is 72.5 Å². The largest absolute Gasteiger partial charge is 0.496 e. The third-order valence-corrected chi connectivity index (χ3v) is 4.62. The van der Waals surface area contributed by atoms with Gasteiger partial charge in [-0.3, -0.25) is 9.52 Å². The van der Waals surface area contributed by atoms with E-state index in [1.54, 1.807) is 25.3 Å². The Bertz CT molecular complexity index is 795. The van der Waals surface area contributed by atoms with E-state index in [-0.39, 0.29) is 10.7 Å². The number of carbonyl (C=O) groups excluding carboxylic acids is 1. The molecule has 2 aromatic carbocycles. The molecule has 0 saturated carbocycles. The van der Waals surface area contributed by atoms with E-state index in [2.05, 4.69) is 4.72 Å². The highest BCUT2D eigenvalue weighted by Gasteiger charge is 2.15. The number of nitrogens with one attached hydrogen (secondary N) is 1. The van der Waals surface area contributed by atoms with E-state index >= 15 is 0 Å². The van der Waals surface area contributed by atoms with Crippen LogP contribution in [0.15, 0.2) is 47.4 Å². The Labute approximate surface area is 130 Å². The molecule has 0 fully saturated rings. The van der Waals surface area contributed by atoms with Gasteiger partial charge >= 0.3 is 0 Å². The second kappa shape index (κ2) is 6.19. The Morgan fingerprint density at radius 2 is 1.73 bits per heavy atom. The maximum Gasteiger partial charge on any atom is 0.261 e. The fraction of sp³-hybridized carbons (Fsp3) is 0.188. The monoisotopic (exact) mass is 319 g/mol. The second-order valence-electron chi connectivity index (χ2n) is 4.87. The highest BCUT2D eigenvalue weighted by Crippen LogP contribution is 2.23. The van der Waals surface area contributed by atoms with Gasteiger partial charge in [0.1, 0.15) is 5.75 Å². The highest BCUT2D eigenvalue weighted by molar-refractivity contribution is 7.92. The van der Waals surface area contributed by atoms with Crippen LogP contribution in [0, 0.1) is 6.92 Å². The number of benzene rings is 2. The number of carbonyl (C=O) groups is 1. The van der Waals surface area contributed by atoms with Gasteiger partial charge in [-0.1, -0.05) is 12.1 Å². The molecule has 0 bridgehead atoms. The van der Waals surface area contributed by atoms with Crippen molar-refractivity contribution in [2.45, 2.75) is 18.7 Å². The minimum absolute atomic E-state index is 0.103. The van der Waals surface area contributed by atoms with Gasteiger partial charge in [0.05, 0.1) is 12.0 Å². The first kappa shape index (κ1) is 16.0. The van der Waals surface area contributed by atoms with E-state index in [1.165, 1.54) is 31.2 Å². The smallest absolute Gasteiger partial charge is 0.261 e. The lowest BCUT2D eigenvalue weighted by Gasteiger charge is -2.11. The van der Waals surface area contributed by atoms with E-state index in [4.69, 9.17) is 4.74 Å². The Kier molecular flexibility index (Phi) is 4.51. The Balaban J connectivity index is 2.27. The maximum absolute atomic E-state index is 12.3. The Morgan fingerprint density at radius 1 is 1.09 bits per heavy atom. The molecule has 116 valence electrons. The van der Waals surface area contributed by atoms with Crippen molar-refractivity contribution in [3.8, 4) is 5.75 Å². The molecule has 0 atom stereocenters. The van der Waals surface area contributed by atoms with Crippen molar-refractivity contribution in [2.24, 2.45) is 0 Å². The predicted octanol–water partition coefficient (Wildman–Crippen LogP) is 3.01. The zero-order valence-corrected chi connectivity index (χ0v) is 13.4. The fourth-order valence-electron chi connectivity index (χ4n) is 2.02. The van der Waals surface area contributed by atoms with Crippen LogP contribution in [0.25, 0.3) is 0 Å². The van der Waals surface area contributed by atoms with Crippen LogP contribution in [0.5, 0.6) is 5.75 Å². The second-order valence-corrected chi connectivity index (χ2v) is 6.55. The number of anilines is 1. The number of Topliss-reactive ketones (excluding diaryl/α,β-unsaturated/α-hetero) is 1. The van der Waals surface area contributed by atoms with Gasteiger partial charge in [-0.15, -0.1) is 0 Å². The molecule has 0 radical (unpaired) electrons. The lowest BCUT2D eigenvalue weighted by Crippen LogP contribution is -2.13. The van der Waals surface area contributed by atoms with Crippen molar-refractivity contribution >= 4 is 21.5 Å². The molecular weight excluding hydrogens is 302 g/mol. The summed E-state index contributed by atoms with van der Waals surface area (Å²) in [6, 6.07) is 10.8. The molecule has 0 heterocycles. The molecular formula is C16H17NO4S. The molecule has 0 aliphatic rings. The van der Waals surface area contributed by atoms with Gasteiger partial charge in [0.2, 0.25) is 0 Å². The molecule has 5 nitrogen and oxygen atoms in total. The Morgan fingerprint density at radius 3 is 2.23 bits per heavy atom. The van der Waals surface area contributed by atoms with Crippen LogP contribution in [0.1, 0.15) is 22.8 Å². The maximum atomic E-state index is 12.3. The number of hydrogen-bond donors (Lipinski definition) is 1. The minimum Gasteiger partial charge on any atom is -0.496 e. The van der Waals surface area contributed by atoms with Crippen LogP contribution >= 0.6 is 0 Å². The third kappa shape index (κ3) is 3.46. The van der Waals surface area contributed by atoms with Crippen LogP contribution in [0.4, 0.5) is 5.69 Å². The van der Waals surface area contributed by atoms with Gasteiger partial charge in [0.15, 0.2) is 5.78 Å². The van der Waals surface area contributed by atoms with Crippen LogP contribution in [-0.2, 0) is 10.0 Å². The SMILES string of the molecule is COc1ccc(NS(=O)(=O)c2ccc(C(C)=O)cc2)cc1C. The summed E-state index contributed by atoms with van der Waals surface area (Å²) in [6.45, 7) is 3.26. The quantitative estimate of drug-likeness (QED) is 0.860. The van der Waals surface area contributed by atoms with Crippen molar-refractivity contribution in [2.75, 3.05) is 11.8 Å². The molecule has 0 unspecified atom stereocenters. The van der Waals surface area contributed by atoms with Crippen molar-refractivity contribution in [3.05, 3.63) is 53.6 Å². The number of methoxy groups -OCH3 is 1. The van der Waals surface area contributed by atoms with Gasteiger partial charge in [-0.25, -0.2) is 8.42 Å². The van der Waals surface area contributed by atoms with Gasteiger partial charge in [-0.2, -0.15) is 0 Å². The van der Waals surface area contributed by atoms with Crippen molar-refractivity contribution in [1.82, 2.24) is 0 Å². The first-order chi connectivity index (χ1) is 10.3. The summed E-state index contributed by atoms with van der Waals surface area (Å²) in [5.74, 6) is 0.580. The first-order valence-electron chi connectivity index (χ1n) is 6.62. The summed E-state index contributed by atoms with van der Waals surface area (Å²) in [6.07, 6.45) is 0. The molecule has 6 heteroatoms. The minimum atomic E-state index is -3.69. The summed E-state index contributed by atoms with van der Waals surface area (Å²) in [4.78, 5) is 11.3. The molecule has 1 N–H and O–H groups in total. The summed E-state index contributed by atoms with van der Waals surface area (Å²) >= 11 is 0. The Hall–Kier alpha value is -2.34. The zero-order chi connectivity index (χ0) is 16.3. The molecule has 0 aliphatic carbocycles. The fourth-order valence-corrected chi connectivity index (χ4v) is 3.07. The third-order valence-electron chi connectivity index (χ3n) is 3.22. The lowest BCUT2D eigenvalue weighted by molar-refractivity contribution is 0.101. The molecule has 0 aromatic heterocycles. The average Bonchev–Trinajstić information content (AvgIpc) is 2.47. The van der Waals surface area contributed by atoms with Crippen molar-refractivity contribution < 1.29 is 17.9 Å². The van der Waals surface area contributed by atoms with Gasteiger partial charge in [0.25, 0.3) is 10.0 Å². The number of aryl methyl sites for hydroxylation is 1. The molecule has 0 amide bonds. The number of ether oxygens (including phenoxy) is 1. The standard InChI is InChI=1S/C16H17NO4S/c1-11-10-14(6-9-16(11)21-3)17-22(19,20)15-7-4-13(5-8-15)12(2)18/h4-10,17H,1-3H3. The average molecular weight is 319 g/mol. The van der Waals surface area contributed by atoms with Gasteiger partial charge < -0.3 is 4.74 Å². The zero-order valence-electron chi connectivity index (χ0n) is 12.6. The summed E-state index contributed by atoms with van der Waals surface area (Å²) in [5, 5.41) is 0. The van der Waals surface area contributed by atoms with Gasteiger partial charge in [0, 0.05) is 11.3 Å². The van der Waals surface area contributed by atoms with Crippen LogP contribution in [0.2, 0.25) is 0 Å². The van der Waals surface area contributed by atoms with Gasteiger partial charge in [-0.05, 0) is 49.7 Å². The number of sulfonamides is 1. The van der Waals surface area contributed by atoms with Crippen molar-refractivity contribution in [3.63, 3.8) is 0 Å². The number of hydrogen-bond acceptors (Lipinski definition) is 4. The van der Waals surface area contributed by atoms with E-state index in [1.807, 2.05) is 6.92 Å².